The van der Waals surface area contributed by atoms with Crippen LogP contribution in [0.3, 0.4) is 0 Å². The van der Waals surface area contributed by atoms with E-state index in [-0.39, 0.29) is 0 Å². The van der Waals surface area contributed by atoms with Gasteiger partial charge in [0.25, 0.3) is 0 Å². The smallest absolute Gasteiger partial charge is 0.124 e. The topological polar surface area (TPSA) is 32.6 Å². The van der Waals surface area contributed by atoms with Crippen molar-refractivity contribution in [3.63, 3.8) is 0 Å². The molecule has 134 valence electrons. The summed E-state index contributed by atoms with van der Waals surface area (Å²) in [7, 11) is 0. The quantitative estimate of drug-likeness (QED) is 0.714. The minimum atomic E-state index is 0.396. The SMILES string of the molecule is Oc1ccc(C23CC4CC(CC(C4)C2)C3)cc1C=NC1CCCCC1. The van der Waals surface area contributed by atoms with Gasteiger partial charge in [-0.3, -0.25) is 4.99 Å². The molecule has 0 unspecified atom stereocenters. The van der Waals surface area contributed by atoms with Gasteiger partial charge in [-0.25, -0.2) is 0 Å². The van der Waals surface area contributed by atoms with E-state index in [1.807, 2.05) is 12.3 Å². The first-order chi connectivity index (χ1) is 12.2. The average Bonchev–Trinajstić information content (AvgIpc) is 2.60. The molecule has 0 atom stereocenters. The van der Waals surface area contributed by atoms with E-state index in [1.165, 1.54) is 76.2 Å². The molecular weight excluding hydrogens is 306 g/mol. The van der Waals surface area contributed by atoms with Gasteiger partial charge in [0.2, 0.25) is 0 Å². The Morgan fingerprint density at radius 1 is 0.920 bits per heavy atom. The van der Waals surface area contributed by atoms with Gasteiger partial charge < -0.3 is 5.11 Å². The number of hydrogen-bond acceptors (Lipinski definition) is 2. The summed E-state index contributed by atoms with van der Waals surface area (Å²) < 4.78 is 0. The second kappa shape index (κ2) is 6.14. The summed E-state index contributed by atoms with van der Waals surface area (Å²) in [6.45, 7) is 0. The Morgan fingerprint density at radius 3 is 2.20 bits per heavy atom. The minimum Gasteiger partial charge on any atom is -0.507 e. The van der Waals surface area contributed by atoms with Crippen LogP contribution < -0.4 is 0 Å². The molecule has 25 heavy (non-hydrogen) atoms. The van der Waals surface area contributed by atoms with E-state index in [1.54, 1.807) is 0 Å². The van der Waals surface area contributed by atoms with Crippen molar-refractivity contribution in [3.8, 4) is 5.75 Å². The second-order valence-corrected chi connectivity index (χ2v) is 9.54. The highest BCUT2D eigenvalue weighted by molar-refractivity contribution is 5.84. The molecule has 2 nitrogen and oxygen atoms in total. The van der Waals surface area contributed by atoms with Crippen molar-refractivity contribution >= 4 is 6.21 Å². The van der Waals surface area contributed by atoms with Crippen molar-refractivity contribution < 1.29 is 5.11 Å². The average molecular weight is 338 g/mol. The summed E-state index contributed by atoms with van der Waals surface area (Å²) in [4.78, 5) is 4.82. The van der Waals surface area contributed by atoms with E-state index in [9.17, 15) is 5.11 Å². The standard InChI is InChI=1S/C23H31NO/c25-22-7-6-20(11-19(22)15-24-21-4-2-1-3-5-21)23-12-16-8-17(13-23)10-18(9-16)14-23/h6-7,11,15-18,21,25H,1-5,8-10,12-14H2. The van der Waals surface area contributed by atoms with E-state index in [0.29, 0.717) is 17.2 Å². The van der Waals surface area contributed by atoms with E-state index < -0.39 is 0 Å². The van der Waals surface area contributed by atoms with Gasteiger partial charge in [-0.1, -0.05) is 25.3 Å². The maximum absolute atomic E-state index is 10.4. The first kappa shape index (κ1) is 15.9. The van der Waals surface area contributed by atoms with Gasteiger partial charge in [0.1, 0.15) is 5.75 Å². The molecule has 0 spiro atoms. The van der Waals surface area contributed by atoms with Gasteiger partial charge in [-0.2, -0.15) is 0 Å². The Balaban J connectivity index is 1.42. The predicted octanol–water partition coefficient (Wildman–Crippen LogP) is 5.61. The van der Waals surface area contributed by atoms with Crippen molar-refractivity contribution in [2.75, 3.05) is 0 Å². The lowest BCUT2D eigenvalue weighted by Gasteiger charge is -2.57. The molecule has 0 radical (unpaired) electrons. The molecular formula is C23H31NO. The summed E-state index contributed by atoms with van der Waals surface area (Å²) in [6.07, 6.45) is 16.9. The zero-order valence-electron chi connectivity index (χ0n) is 15.3. The predicted molar refractivity (Wildman–Crippen MR) is 102 cm³/mol. The number of phenols is 1. The van der Waals surface area contributed by atoms with Crippen LogP contribution in [0.2, 0.25) is 0 Å². The zero-order chi connectivity index (χ0) is 16.9. The van der Waals surface area contributed by atoms with Gasteiger partial charge in [-0.15, -0.1) is 0 Å². The van der Waals surface area contributed by atoms with E-state index >= 15 is 0 Å². The van der Waals surface area contributed by atoms with Crippen LogP contribution in [0, 0.1) is 17.8 Å². The third-order valence-corrected chi connectivity index (χ3v) is 7.68. The number of nitrogens with zero attached hydrogens (tertiary/aromatic N) is 1. The number of aromatic hydroxyl groups is 1. The molecule has 0 saturated heterocycles. The van der Waals surface area contributed by atoms with Gasteiger partial charge in [-0.05, 0) is 92.2 Å². The molecule has 6 rings (SSSR count). The lowest BCUT2D eigenvalue weighted by molar-refractivity contribution is -0.00520. The third kappa shape index (κ3) is 2.92. The van der Waals surface area contributed by atoms with Crippen LogP contribution >= 0.6 is 0 Å². The van der Waals surface area contributed by atoms with Crippen molar-refractivity contribution in [1.82, 2.24) is 0 Å². The van der Waals surface area contributed by atoms with Crippen molar-refractivity contribution in [3.05, 3.63) is 29.3 Å². The number of benzene rings is 1. The first-order valence-electron chi connectivity index (χ1n) is 10.6. The van der Waals surface area contributed by atoms with Crippen LogP contribution in [0.1, 0.15) is 81.8 Å². The van der Waals surface area contributed by atoms with E-state index in [4.69, 9.17) is 4.99 Å². The molecule has 5 aliphatic rings. The highest BCUT2D eigenvalue weighted by Crippen LogP contribution is 2.60. The summed E-state index contributed by atoms with van der Waals surface area (Å²) in [6, 6.07) is 6.88. The lowest BCUT2D eigenvalue weighted by Crippen LogP contribution is -2.48. The van der Waals surface area contributed by atoms with Crippen molar-refractivity contribution in [2.24, 2.45) is 22.7 Å². The number of rotatable bonds is 3. The highest BCUT2D eigenvalue weighted by atomic mass is 16.3. The monoisotopic (exact) mass is 337 g/mol. The largest absolute Gasteiger partial charge is 0.507 e. The minimum absolute atomic E-state index is 0.396. The van der Waals surface area contributed by atoms with Crippen LogP contribution in [0.25, 0.3) is 0 Å². The summed E-state index contributed by atoms with van der Waals surface area (Å²) in [5, 5.41) is 10.4. The van der Waals surface area contributed by atoms with Gasteiger partial charge in [0.15, 0.2) is 0 Å². The van der Waals surface area contributed by atoms with Crippen LogP contribution in [0.15, 0.2) is 23.2 Å². The molecule has 0 aliphatic heterocycles. The molecule has 5 saturated carbocycles. The summed E-state index contributed by atoms with van der Waals surface area (Å²) in [5.41, 5.74) is 2.82. The van der Waals surface area contributed by atoms with Crippen LogP contribution in [0.4, 0.5) is 0 Å². The second-order valence-electron chi connectivity index (χ2n) is 9.54. The maximum atomic E-state index is 10.4. The first-order valence-corrected chi connectivity index (χ1v) is 10.6. The third-order valence-electron chi connectivity index (χ3n) is 7.68. The molecule has 1 N–H and O–H groups in total. The number of phenolic OH excluding ortho intramolecular Hbond substituents is 1. The zero-order valence-corrected chi connectivity index (χ0v) is 15.3. The van der Waals surface area contributed by atoms with E-state index in [0.717, 1.165) is 23.3 Å². The molecule has 5 aliphatic carbocycles. The van der Waals surface area contributed by atoms with Crippen LogP contribution in [-0.4, -0.2) is 17.4 Å². The highest BCUT2D eigenvalue weighted by Gasteiger charge is 2.51. The molecule has 0 heterocycles. The number of hydrogen-bond donors (Lipinski definition) is 1. The maximum Gasteiger partial charge on any atom is 0.124 e. The molecule has 0 aromatic heterocycles. The Bertz CT molecular complexity index is 635. The fourth-order valence-corrected chi connectivity index (χ4v) is 6.87. The Labute approximate surface area is 151 Å². The molecule has 0 amide bonds. The Morgan fingerprint density at radius 2 is 1.56 bits per heavy atom. The lowest BCUT2D eigenvalue weighted by atomic mass is 9.48. The van der Waals surface area contributed by atoms with Crippen LogP contribution in [0.5, 0.6) is 5.75 Å². The van der Waals surface area contributed by atoms with E-state index in [2.05, 4.69) is 12.1 Å². The van der Waals surface area contributed by atoms with Crippen molar-refractivity contribution in [1.29, 1.82) is 0 Å². The number of aliphatic imine (C=N–C) groups is 1. The normalized spacial score (nSPS) is 37.8. The Kier molecular flexibility index (Phi) is 3.91. The fourth-order valence-electron chi connectivity index (χ4n) is 6.87. The van der Waals surface area contributed by atoms with Gasteiger partial charge in [0.05, 0.1) is 0 Å². The molecule has 2 heteroatoms. The summed E-state index contributed by atoms with van der Waals surface area (Å²) in [5.74, 6) is 3.27. The summed E-state index contributed by atoms with van der Waals surface area (Å²) >= 11 is 0. The molecule has 1 aromatic rings. The van der Waals surface area contributed by atoms with Crippen molar-refractivity contribution in [2.45, 2.75) is 82.1 Å². The van der Waals surface area contributed by atoms with Crippen LogP contribution in [-0.2, 0) is 5.41 Å². The van der Waals surface area contributed by atoms with Gasteiger partial charge in [0, 0.05) is 17.8 Å². The fraction of sp³-hybridized carbons (Fsp3) is 0.696. The Hall–Kier alpha value is -1.31. The van der Waals surface area contributed by atoms with Gasteiger partial charge >= 0.3 is 0 Å². The molecule has 4 bridgehead atoms. The molecule has 5 fully saturated rings. The molecule has 1 aromatic carbocycles.